The van der Waals surface area contributed by atoms with E-state index in [4.69, 9.17) is 13.9 Å². The number of halogens is 1. The lowest BCUT2D eigenvalue weighted by Gasteiger charge is -2.26. The van der Waals surface area contributed by atoms with Crippen LogP contribution in [0.25, 0.3) is 17.4 Å². The third-order valence-electron chi connectivity index (χ3n) is 5.93. The zero-order valence-corrected chi connectivity index (χ0v) is 22.3. The summed E-state index contributed by atoms with van der Waals surface area (Å²) in [5.41, 5.74) is 1.41. The van der Waals surface area contributed by atoms with Crippen LogP contribution in [0.3, 0.4) is 0 Å². The van der Waals surface area contributed by atoms with Crippen LogP contribution in [0.15, 0.2) is 75.3 Å². The van der Waals surface area contributed by atoms with Crippen LogP contribution in [0.4, 0.5) is 0 Å². The van der Waals surface area contributed by atoms with Gasteiger partial charge in [0.1, 0.15) is 23.0 Å². The Kier molecular flexibility index (Phi) is 9.53. The number of hydrogen-bond donors (Lipinski definition) is 2. The number of rotatable bonds is 10. The predicted octanol–water partition coefficient (Wildman–Crippen LogP) is 4.33. The molecule has 0 saturated carbocycles. The molecule has 0 radical (unpaired) electrons. The third-order valence-corrected chi connectivity index (χ3v) is 6.46. The predicted molar refractivity (Wildman–Crippen MR) is 145 cm³/mol. The van der Waals surface area contributed by atoms with Gasteiger partial charge in [-0.1, -0.05) is 28.1 Å². The fraction of sp³-hybridized carbons (Fsp3) is 0.286. The molecule has 0 bridgehead atoms. The van der Waals surface area contributed by atoms with Crippen molar-refractivity contribution in [2.45, 2.75) is 6.42 Å². The number of carbonyl (C=O) groups is 2. The number of carbonyl (C=O) groups excluding carboxylic acids is 2. The van der Waals surface area contributed by atoms with Gasteiger partial charge in [0.25, 0.3) is 11.8 Å². The minimum atomic E-state index is -0.406. The molecule has 2 aromatic carbocycles. The third kappa shape index (κ3) is 7.79. The Balaban J connectivity index is 1.46. The number of amides is 2. The minimum Gasteiger partial charge on any atom is -0.497 e. The average molecular weight is 568 g/mol. The van der Waals surface area contributed by atoms with Crippen molar-refractivity contribution < 1.29 is 23.5 Å². The second-order valence-electron chi connectivity index (χ2n) is 8.51. The van der Waals surface area contributed by atoms with E-state index < -0.39 is 5.91 Å². The van der Waals surface area contributed by atoms with Gasteiger partial charge in [0.2, 0.25) is 0 Å². The van der Waals surface area contributed by atoms with Crippen LogP contribution < -0.4 is 15.4 Å². The maximum absolute atomic E-state index is 13.1. The van der Waals surface area contributed by atoms with Gasteiger partial charge in [-0.05, 0) is 61.5 Å². The molecule has 8 nitrogen and oxygen atoms in total. The molecule has 4 rings (SSSR count). The number of morpholine rings is 1. The molecular formula is C28H30BrN3O5. The topological polar surface area (TPSA) is 93.0 Å². The summed E-state index contributed by atoms with van der Waals surface area (Å²) < 4.78 is 17.5. The molecule has 194 valence electrons. The van der Waals surface area contributed by atoms with Crippen LogP contribution >= 0.6 is 15.9 Å². The van der Waals surface area contributed by atoms with E-state index in [1.165, 1.54) is 0 Å². The van der Waals surface area contributed by atoms with Gasteiger partial charge in [-0.25, -0.2) is 0 Å². The smallest absolute Gasteiger partial charge is 0.267 e. The van der Waals surface area contributed by atoms with Gasteiger partial charge in [0.15, 0.2) is 0 Å². The molecule has 1 aromatic heterocycles. The standard InChI is InChI=1S/C28H30BrN3O5/c1-35-23-9-5-21(6-10-23)27(33)31-25(28(34)30-13-2-14-32-15-17-36-18-16-32)19-24-11-12-26(37-24)20-3-7-22(29)8-4-20/h3-12,19H,2,13-18H2,1H3,(H,30,34)(H,31,33)/b25-19+. The molecule has 2 N–H and O–H groups in total. The van der Waals surface area contributed by atoms with Crippen LogP contribution in [-0.2, 0) is 9.53 Å². The number of furan rings is 1. The Morgan fingerprint density at radius 2 is 1.76 bits per heavy atom. The Bertz CT molecular complexity index is 1220. The monoisotopic (exact) mass is 567 g/mol. The SMILES string of the molecule is COc1ccc(C(=O)N/C(=C/c2ccc(-c3ccc(Br)cc3)o2)C(=O)NCCCN2CCOCC2)cc1. The fourth-order valence-electron chi connectivity index (χ4n) is 3.86. The quantitative estimate of drug-likeness (QED) is 0.280. The summed E-state index contributed by atoms with van der Waals surface area (Å²) in [6.45, 7) is 4.63. The zero-order chi connectivity index (χ0) is 26.0. The van der Waals surface area contributed by atoms with Gasteiger partial charge in [-0.2, -0.15) is 0 Å². The average Bonchev–Trinajstić information content (AvgIpc) is 3.40. The van der Waals surface area contributed by atoms with Crippen molar-refractivity contribution in [2.75, 3.05) is 46.5 Å². The first-order chi connectivity index (χ1) is 18.0. The van der Waals surface area contributed by atoms with Crippen molar-refractivity contribution in [1.29, 1.82) is 0 Å². The molecule has 0 unspecified atom stereocenters. The van der Waals surface area contributed by atoms with E-state index in [1.54, 1.807) is 43.5 Å². The number of nitrogens with zero attached hydrogens (tertiary/aromatic N) is 1. The van der Waals surface area contributed by atoms with Crippen molar-refractivity contribution in [2.24, 2.45) is 0 Å². The van der Waals surface area contributed by atoms with Crippen LogP contribution in [-0.4, -0.2) is 63.2 Å². The maximum atomic E-state index is 13.1. The van der Waals surface area contributed by atoms with Crippen LogP contribution in [0.5, 0.6) is 5.75 Å². The number of nitrogens with one attached hydrogen (secondary N) is 2. The largest absolute Gasteiger partial charge is 0.497 e. The van der Waals surface area contributed by atoms with E-state index in [9.17, 15) is 9.59 Å². The molecule has 0 atom stereocenters. The molecule has 1 aliphatic heterocycles. The molecule has 1 saturated heterocycles. The second-order valence-corrected chi connectivity index (χ2v) is 9.43. The summed E-state index contributed by atoms with van der Waals surface area (Å²) in [6, 6.07) is 18.0. The highest BCUT2D eigenvalue weighted by atomic mass is 79.9. The Morgan fingerprint density at radius 1 is 1.03 bits per heavy atom. The summed E-state index contributed by atoms with van der Waals surface area (Å²) in [7, 11) is 1.56. The first kappa shape index (κ1) is 26.7. The molecule has 0 aliphatic carbocycles. The van der Waals surface area contributed by atoms with E-state index in [1.807, 2.05) is 30.3 Å². The molecule has 1 fully saturated rings. The zero-order valence-electron chi connectivity index (χ0n) is 20.7. The number of methoxy groups -OCH3 is 1. The van der Waals surface area contributed by atoms with Gasteiger partial charge < -0.3 is 24.5 Å². The molecule has 3 aromatic rings. The first-order valence-corrected chi connectivity index (χ1v) is 12.9. The van der Waals surface area contributed by atoms with Crippen LogP contribution in [0.1, 0.15) is 22.5 Å². The van der Waals surface area contributed by atoms with E-state index >= 15 is 0 Å². The molecular weight excluding hydrogens is 538 g/mol. The fourth-order valence-corrected chi connectivity index (χ4v) is 4.13. The Morgan fingerprint density at radius 3 is 2.46 bits per heavy atom. The van der Waals surface area contributed by atoms with Gasteiger partial charge in [-0.15, -0.1) is 0 Å². The number of ether oxygens (including phenoxy) is 2. The Labute approximate surface area is 224 Å². The van der Waals surface area contributed by atoms with Crippen LogP contribution in [0.2, 0.25) is 0 Å². The molecule has 0 spiro atoms. The lowest BCUT2D eigenvalue weighted by Crippen LogP contribution is -2.39. The number of benzene rings is 2. The van der Waals surface area contributed by atoms with Crippen LogP contribution in [0, 0.1) is 0 Å². The highest BCUT2D eigenvalue weighted by molar-refractivity contribution is 9.10. The maximum Gasteiger partial charge on any atom is 0.267 e. The van der Waals surface area contributed by atoms with Gasteiger partial charge >= 0.3 is 0 Å². The van der Waals surface area contributed by atoms with Crippen molar-refractivity contribution >= 4 is 33.8 Å². The lowest BCUT2D eigenvalue weighted by atomic mass is 10.2. The summed E-state index contributed by atoms with van der Waals surface area (Å²) in [6.07, 6.45) is 2.33. The van der Waals surface area contributed by atoms with E-state index in [-0.39, 0.29) is 11.6 Å². The first-order valence-electron chi connectivity index (χ1n) is 12.1. The van der Waals surface area contributed by atoms with Gasteiger partial charge in [0, 0.05) is 41.3 Å². The van der Waals surface area contributed by atoms with Crippen molar-refractivity contribution in [3.8, 4) is 17.1 Å². The van der Waals surface area contributed by atoms with Crippen molar-refractivity contribution in [3.05, 3.63) is 82.2 Å². The summed E-state index contributed by atoms with van der Waals surface area (Å²) in [5.74, 6) is 0.959. The number of hydrogen-bond acceptors (Lipinski definition) is 6. The van der Waals surface area contributed by atoms with E-state index in [2.05, 4.69) is 31.5 Å². The Hall–Kier alpha value is -3.40. The normalized spacial score (nSPS) is 14.3. The van der Waals surface area contributed by atoms with E-state index in [0.29, 0.717) is 29.4 Å². The molecule has 2 heterocycles. The van der Waals surface area contributed by atoms with Crippen molar-refractivity contribution in [3.63, 3.8) is 0 Å². The molecule has 1 aliphatic rings. The van der Waals surface area contributed by atoms with E-state index in [0.717, 1.165) is 49.3 Å². The minimum absolute atomic E-state index is 0.101. The molecule has 2 amide bonds. The summed E-state index contributed by atoms with van der Waals surface area (Å²) in [4.78, 5) is 28.3. The van der Waals surface area contributed by atoms with Gasteiger partial charge in [0.05, 0.1) is 20.3 Å². The summed E-state index contributed by atoms with van der Waals surface area (Å²) in [5, 5.41) is 5.66. The van der Waals surface area contributed by atoms with Crippen molar-refractivity contribution in [1.82, 2.24) is 15.5 Å². The molecule has 37 heavy (non-hydrogen) atoms. The second kappa shape index (κ2) is 13.2. The highest BCUT2D eigenvalue weighted by Gasteiger charge is 2.16. The van der Waals surface area contributed by atoms with Gasteiger partial charge in [-0.3, -0.25) is 14.5 Å². The molecule has 9 heteroatoms. The highest BCUT2D eigenvalue weighted by Crippen LogP contribution is 2.25. The summed E-state index contributed by atoms with van der Waals surface area (Å²) >= 11 is 3.43. The lowest BCUT2D eigenvalue weighted by molar-refractivity contribution is -0.117.